The molecule has 5 heteroatoms. The predicted octanol–water partition coefficient (Wildman–Crippen LogP) is 0.678. The third kappa shape index (κ3) is 2.10. The Balaban J connectivity index is 2.03. The smallest absolute Gasteiger partial charge is 0.0940 e. The molecule has 1 aromatic heterocycles. The van der Waals surface area contributed by atoms with E-state index in [1.165, 1.54) is 0 Å². The van der Waals surface area contributed by atoms with Crippen LogP contribution in [0.2, 0.25) is 0 Å². The molecule has 5 nitrogen and oxygen atoms in total. The van der Waals surface area contributed by atoms with E-state index >= 15 is 0 Å². The van der Waals surface area contributed by atoms with E-state index in [9.17, 15) is 5.11 Å². The molecule has 1 aliphatic rings. The number of hydrogen-bond acceptors (Lipinski definition) is 4. The van der Waals surface area contributed by atoms with E-state index in [-0.39, 0.29) is 5.60 Å². The second-order valence-corrected chi connectivity index (χ2v) is 4.58. The van der Waals surface area contributed by atoms with Crippen molar-refractivity contribution in [1.82, 2.24) is 15.0 Å². The van der Waals surface area contributed by atoms with E-state index in [2.05, 4.69) is 10.3 Å². The minimum Gasteiger partial charge on any atom is -0.390 e. The highest BCUT2D eigenvalue weighted by atomic mass is 16.5. The highest BCUT2D eigenvalue weighted by molar-refractivity contribution is 5.01. The van der Waals surface area contributed by atoms with Gasteiger partial charge in [-0.15, -0.1) is 5.10 Å². The lowest BCUT2D eigenvalue weighted by Gasteiger charge is -2.32. The monoisotopic (exact) mass is 225 g/mol. The van der Waals surface area contributed by atoms with Crippen molar-refractivity contribution in [2.45, 2.75) is 43.8 Å². The van der Waals surface area contributed by atoms with Crippen LogP contribution in [0.4, 0.5) is 0 Å². The van der Waals surface area contributed by atoms with E-state index < -0.39 is 6.10 Å². The second-order valence-electron chi connectivity index (χ2n) is 4.58. The van der Waals surface area contributed by atoms with Gasteiger partial charge in [-0.1, -0.05) is 18.1 Å². The van der Waals surface area contributed by atoms with Crippen LogP contribution in [0.15, 0.2) is 6.20 Å². The average molecular weight is 225 g/mol. The topological polar surface area (TPSA) is 60.2 Å². The Morgan fingerprint density at radius 2 is 2.25 bits per heavy atom. The van der Waals surface area contributed by atoms with Gasteiger partial charge in [0.2, 0.25) is 0 Å². The van der Waals surface area contributed by atoms with Crippen LogP contribution in [0.25, 0.3) is 0 Å². The maximum absolute atomic E-state index is 10.3. The number of aliphatic hydroxyl groups is 1. The van der Waals surface area contributed by atoms with Crippen LogP contribution < -0.4 is 0 Å². The molecule has 1 heterocycles. The van der Waals surface area contributed by atoms with Gasteiger partial charge in [0, 0.05) is 26.8 Å². The quantitative estimate of drug-likeness (QED) is 0.818. The fourth-order valence-corrected chi connectivity index (χ4v) is 2.52. The molecule has 0 spiro atoms. The molecule has 0 aromatic carbocycles. The van der Waals surface area contributed by atoms with E-state index in [1.807, 2.05) is 13.2 Å². The summed E-state index contributed by atoms with van der Waals surface area (Å²) >= 11 is 0. The molecular formula is C11H19N3O2. The number of aryl methyl sites for hydroxylation is 1. The minimum atomic E-state index is -0.489. The number of aromatic nitrogens is 3. The molecule has 0 bridgehead atoms. The average Bonchev–Trinajstić information content (AvgIpc) is 2.88. The molecule has 1 aliphatic carbocycles. The molecule has 0 amide bonds. The van der Waals surface area contributed by atoms with Crippen molar-refractivity contribution >= 4 is 0 Å². The van der Waals surface area contributed by atoms with Crippen molar-refractivity contribution in [2.75, 3.05) is 7.11 Å². The number of ether oxygens (including phenoxy) is 1. The summed E-state index contributed by atoms with van der Waals surface area (Å²) in [5.41, 5.74) is 0.454. The number of nitrogens with zero attached hydrogens (tertiary/aromatic N) is 3. The first-order valence-electron chi connectivity index (χ1n) is 5.75. The first-order chi connectivity index (χ1) is 7.66. The lowest BCUT2D eigenvalue weighted by Crippen LogP contribution is -2.43. The van der Waals surface area contributed by atoms with Crippen molar-refractivity contribution in [2.24, 2.45) is 7.05 Å². The summed E-state index contributed by atoms with van der Waals surface area (Å²) in [5, 5.41) is 18.1. The first-order valence-corrected chi connectivity index (χ1v) is 5.75. The molecule has 1 unspecified atom stereocenters. The van der Waals surface area contributed by atoms with Gasteiger partial charge in [-0.2, -0.15) is 0 Å². The van der Waals surface area contributed by atoms with Crippen LogP contribution in [0, 0.1) is 0 Å². The maximum atomic E-state index is 10.3. The maximum Gasteiger partial charge on any atom is 0.0940 e. The zero-order chi connectivity index (χ0) is 11.6. The number of aliphatic hydroxyl groups excluding tert-OH is 1. The molecule has 0 saturated heterocycles. The third-order valence-corrected chi connectivity index (χ3v) is 3.52. The molecule has 1 fully saturated rings. The molecule has 1 atom stereocenters. The number of methoxy groups -OCH3 is 1. The molecule has 1 saturated carbocycles. The van der Waals surface area contributed by atoms with Gasteiger partial charge in [0.05, 0.1) is 17.4 Å². The molecular weight excluding hydrogens is 206 g/mol. The van der Waals surface area contributed by atoms with Crippen LogP contribution >= 0.6 is 0 Å². The molecule has 16 heavy (non-hydrogen) atoms. The van der Waals surface area contributed by atoms with Crippen LogP contribution in [-0.2, 0) is 18.2 Å². The zero-order valence-corrected chi connectivity index (χ0v) is 9.89. The lowest BCUT2D eigenvalue weighted by molar-refractivity contribution is -0.0974. The van der Waals surface area contributed by atoms with Crippen molar-refractivity contribution in [3.63, 3.8) is 0 Å². The van der Waals surface area contributed by atoms with Gasteiger partial charge < -0.3 is 9.84 Å². The summed E-state index contributed by atoms with van der Waals surface area (Å²) in [6.45, 7) is 0. The van der Waals surface area contributed by atoms with E-state index in [0.29, 0.717) is 6.42 Å². The Morgan fingerprint density at radius 3 is 2.75 bits per heavy atom. The van der Waals surface area contributed by atoms with Gasteiger partial charge in [-0.25, -0.2) is 0 Å². The number of hydrogen-bond donors (Lipinski definition) is 1. The lowest BCUT2D eigenvalue weighted by atomic mass is 9.91. The van der Waals surface area contributed by atoms with E-state index in [1.54, 1.807) is 11.8 Å². The van der Waals surface area contributed by atoms with Gasteiger partial charge in [-0.05, 0) is 12.8 Å². The summed E-state index contributed by atoms with van der Waals surface area (Å²) in [6.07, 6.45) is 5.99. The van der Waals surface area contributed by atoms with Crippen molar-refractivity contribution in [3.8, 4) is 0 Å². The Kier molecular flexibility index (Phi) is 3.25. The zero-order valence-electron chi connectivity index (χ0n) is 9.89. The highest BCUT2D eigenvalue weighted by Gasteiger charge is 2.40. The normalized spacial score (nSPS) is 21.2. The summed E-state index contributed by atoms with van der Waals surface area (Å²) < 4.78 is 7.18. The van der Waals surface area contributed by atoms with Crippen molar-refractivity contribution in [1.29, 1.82) is 0 Å². The molecule has 2 rings (SSSR count). The predicted molar refractivity (Wildman–Crippen MR) is 58.9 cm³/mol. The van der Waals surface area contributed by atoms with Gasteiger partial charge in [0.15, 0.2) is 0 Å². The molecule has 90 valence electrons. The van der Waals surface area contributed by atoms with E-state index in [0.717, 1.165) is 31.4 Å². The van der Waals surface area contributed by atoms with Gasteiger partial charge >= 0.3 is 0 Å². The van der Waals surface area contributed by atoms with Gasteiger partial charge in [0.1, 0.15) is 0 Å². The van der Waals surface area contributed by atoms with Crippen LogP contribution in [-0.4, -0.2) is 38.9 Å². The summed E-state index contributed by atoms with van der Waals surface area (Å²) in [4.78, 5) is 0. The van der Waals surface area contributed by atoms with Gasteiger partial charge in [-0.3, -0.25) is 4.68 Å². The molecule has 0 radical (unpaired) electrons. The second kappa shape index (κ2) is 4.51. The Labute approximate surface area is 95.4 Å². The highest BCUT2D eigenvalue weighted by Crippen LogP contribution is 2.36. The number of rotatable bonds is 4. The molecule has 1 aromatic rings. The fraction of sp³-hybridized carbons (Fsp3) is 0.818. The Morgan fingerprint density at radius 1 is 1.56 bits per heavy atom. The Hall–Kier alpha value is -0.940. The van der Waals surface area contributed by atoms with Crippen molar-refractivity contribution in [3.05, 3.63) is 11.9 Å². The van der Waals surface area contributed by atoms with E-state index in [4.69, 9.17) is 4.74 Å². The van der Waals surface area contributed by atoms with Crippen LogP contribution in [0.5, 0.6) is 0 Å². The fourth-order valence-electron chi connectivity index (χ4n) is 2.52. The summed E-state index contributed by atoms with van der Waals surface area (Å²) in [5.74, 6) is 0. The minimum absolute atomic E-state index is 0.364. The summed E-state index contributed by atoms with van der Waals surface area (Å²) in [6, 6.07) is 0. The molecule has 1 N–H and O–H groups in total. The van der Waals surface area contributed by atoms with Crippen LogP contribution in [0.1, 0.15) is 31.4 Å². The first kappa shape index (κ1) is 11.5. The Bertz CT molecular complexity index is 345. The summed E-state index contributed by atoms with van der Waals surface area (Å²) in [7, 11) is 3.51. The van der Waals surface area contributed by atoms with Gasteiger partial charge in [0.25, 0.3) is 0 Å². The third-order valence-electron chi connectivity index (χ3n) is 3.52. The SMILES string of the molecule is COC1(C(O)Cc2cn(C)nn2)CCCC1. The standard InChI is InChI=1S/C11H19N3O2/c1-14-8-9(12-13-14)7-10(15)11(16-2)5-3-4-6-11/h8,10,15H,3-7H2,1-2H3. The molecule has 0 aliphatic heterocycles. The van der Waals surface area contributed by atoms with Crippen LogP contribution in [0.3, 0.4) is 0 Å². The largest absolute Gasteiger partial charge is 0.390 e. The van der Waals surface area contributed by atoms with Crippen molar-refractivity contribution < 1.29 is 9.84 Å².